The van der Waals surface area contributed by atoms with Crippen LogP contribution < -0.4 is 15.0 Å². The van der Waals surface area contributed by atoms with E-state index in [0.717, 1.165) is 31.7 Å². The zero-order valence-corrected chi connectivity index (χ0v) is 14.1. The highest BCUT2D eigenvalue weighted by Gasteiger charge is 2.18. The SMILES string of the molecule is C=CCNC(=O)c1ccc(Oc2nccnc2N2CCCCC2)cc1. The Labute approximate surface area is 147 Å². The molecule has 0 aliphatic carbocycles. The van der Waals surface area contributed by atoms with Crippen LogP contribution in [-0.2, 0) is 0 Å². The van der Waals surface area contributed by atoms with Gasteiger partial charge in [0.05, 0.1) is 0 Å². The minimum atomic E-state index is -0.139. The summed E-state index contributed by atoms with van der Waals surface area (Å²) in [6.07, 6.45) is 8.52. The van der Waals surface area contributed by atoms with Gasteiger partial charge in [-0.2, -0.15) is 0 Å². The van der Waals surface area contributed by atoms with Crippen LogP contribution in [0.2, 0.25) is 0 Å². The fraction of sp³-hybridized carbons (Fsp3) is 0.316. The van der Waals surface area contributed by atoms with Crippen molar-refractivity contribution in [1.29, 1.82) is 0 Å². The first-order chi connectivity index (χ1) is 12.3. The van der Waals surface area contributed by atoms with Crippen LogP contribution in [0.3, 0.4) is 0 Å². The average molecular weight is 338 g/mol. The number of carbonyl (C=O) groups excluding carboxylic acids is 1. The lowest BCUT2D eigenvalue weighted by atomic mass is 10.1. The molecule has 6 heteroatoms. The highest BCUT2D eigenvalue weighted by molar-refractivity contribution is 5.94. The second-order valence-electron chi connectivity index (χ2n) is 5.86. The van der Waals surface area contributed by atoms with Gasteiger partial charge in [0.1, 0.15) is 5.75 Å². The Kier molecular flexibility index (Phi) is 5.61. The molecule has 0 bridgehead atoms. The minimum Gasteiger partial charge on any atom is -0.436 e. The van der Waals surface area contributed by atoms with Crippen molar-refractivity contribution in [3.05, 3.63) is 54.9 Å². The summed E-state index contributed by atoms with van der Waals surface area (Å²) in [4.78, 5) is 22.9. The Balaban J connectivity index is 1.72. The standard InChI is InChI=1S/C19H22N4O2/c1-2-10-21-18(24)15-6-8-16(9-7-15)25-19-17(20-11-12-22-19)23-13-4-3-5-14-23/h2,6-9,11-12H,1,3-5,10,13-14H2,(H,21,24). The molecule has 1 aliphatic heterocycles. The van der Waals surface area contributed by atoms with Gasteiger partial charge in [-0.05, 0) is 43.5 Å². The molecule has 1 amide bonds. The number of benzene rings is 1. The van der Waals surface area contributed by atoms with Crippen LogP contribution in [0.1, 0.15) is 29.6 Å². The van der Waals surface area contributed by atoms with Gasteiger partial charge < -0.3 is 15.0 Å². The molecule has 0 spiro atoms. The molecule has 25 heavy (non-hydrogen) atoms. The molecule has 0 atom stereocenters. The van der Waals surface area contributed by atoms with E-state index in [1.54, 1.807) is 42.7 Å². The van der Waals surface area contributed by atoms with Crippen LogP contribution >= 0.6 is 0 Å². The minimum absolute atomic E-state index is 0.139. The number of ether oxygens (including phenoxy) is 1. The highest BCUT2D eigenvalue weighted by Crippen LogP contribution is 2.29. The number of piperidine rings is 1. The van der Waals surface area contributed by atoms with E-state index in [1.807, 2.05) is 0 Å². The molecule has 1 aromatic carbocycles. The molecule has 1 aromatic heterocycles. The van der Waals surface area contributed by atoms with Gasteiger partial charge >= 0.3 is 0 Å². The lowest BCUT2D eigenvalue weighted by Crippen LogP contribution is -2.30. The Bertz CT molecular complexity index is 724. The molecule has 3 rings (SSSR count). The topological polar surface area (TPSA) is 67.3 Å². The summed E-state index contributed by atoms with van der Waals surface area (Å²) in [5.74, 6) is 1.75. The Hall–Kier alpha value is -2.89. The van der Waals surface area contributed by atoms with Gasteiger partial charge in [0, 0.05) is 37.6 Å². The summed E-state index contributed by atoms with van der Waals surface area (Å²) in [6, 6.07) is 6.98. The number of amides is 1. The number of rotatable bonds is 6. The fourth-order valence-electron chi connectivity index (χ4n) is 2.77. The van der Waals surface area contributed by atoms with Gasteiger partial charge in [0.2, 0.25) is 0 Å². The lowest BCUT2D eigenvalue weighted by molar-refractivity contribution is 0.0958. The van der Waals surface area contributed by atoms with E-state index in [2.05, 4.69) is 26.8 Å². The Morgan fingerprint density at radius 2 is 1.88 bits per heavy atom. The second-order valence-corrected chi connectivity index (χ2v) is 5.86. The predicted molar refractivity (Wildman–Crippen MR) is 97.1 cm³/mol. The zero-order chi connectivity index (χ0) is 17.5. The van der Waals surface area contributed by atoms with Crippen molar-refractivity contribution in [2.24, 2.45) is 0 Å². The normalized spacial score (nSPS) is 14.0. The van der Waals surface area contributed by atoms with Crippen molar-refractivity contribution in [1.82, 2.24) is 15.3 Å². The van der Waals surface area contributed by atoms with Crippen LogP contribution in [0.4, 0.5) is 5.82 Å². The van der Waals surface area contributed by atoms with Crippen molar-refractivity contribution in [2.75, 3.05) is 24.5 Å². The maximum atomic E-state index is 11.9. The van der Waals surface area contributed by atoms with E-state index in [4.69, 9.17) is 4.74 Å². The van der Waals surface area contributed by atoms with E-state index in [-0.39, 0.29) is 5.91 Å². The summed E-state index contributed by atoms with van der Waals surface area (Å²) in [5.41, 5.74) is 0.574. The molecule has 1 aliphatic rings. The van der Waals surface area contributed by atoms with Gasteiger partial charge in [-0.15, -0.1) is 6.58 Å². The highest BCUT2D eigenvalue weighted by atomic mass is 16.5. The average Bonchev–Trinajstić information content (AvgIpc) is 2.68. The molecule has 0 saturated carbocycles. The zero-order valence-electron chi connectivity index (χ0n) is 14.1. The number of carbonyl (C=O) groups is 1. The predicted octanol–water partition coefficient (Wildman–Crippen LogP) is 3.18. The van der Waals surface area contributed by atoms with Crippen molar-refractivity contribution < 1.29 is 9.53 Å². The summed E-state index contributed by atoms with van der Waals surface area (Å²) >= 11 is 0. The molecule has 6 nitrogen and oxygen atoms in total. The smallest absolute Gasteiger partial charge is 0.263 e. The summed E-state index contributed by atoms with van der Waals surface area (Å²) < 4.78 is 5.92. The van der Waals surface area contributed by atoms with Gasteiger partial charge in [-0.1, -0.05) is 6.08 Å². The lowest BCUT2D eigenvalue weighted by Gasteiger charge is -2.28. The number of nitrogens with one attached hydrogen (secondary N) is 1. The van der Waals surface area contributed by atoms with Gasteiger partial charge in [0.15, 0.2) is 5.82 Å². The third-order valence-electron chi connectivity index (χ3n) is 4.04. The van der Waals surface area contributed by atoms with E-state index < -0.39 is 0 Å². The van der Waals surface area contributed by atoms with Crippen molar-refractivity contribution in [2.45, 2.75) is 19.3 Å². The molecule has 1 N–H and O–H groups in total. The van der Waals surface area contributed by atoms with E-state index >= 15 is 0 Å². The molecular weight excluding hydrogens is 316 g/mol. The molecule has 130 valence electrons. The summed E-state index contributed by atoms with van der Waals surface area (Å²) in [7, 11) is 0. The maximum absolute atomic E-state index is 11.9. The van der Waals surface area contributed by atoms with Crippen LogP contribution in [0.15, 0.2) is 49.3 Å². The first kappa shape index (κ1) is 17.0. The monoisotopic (exact) mass is 338 g/mol. The largest absolute Gasteiger partial charge is 0.436 e. The molecule has 0 unspecified atom stereocenters. The number of hydrogen-bond acceptors (Lipinski definition) is 5. The van der Waals surface area contributed by atoms with Gasteiger partial charge in [-0.3, -0.25) is 4.79 Å². The van der Waals surface area contributed by atoms with Crippen LogP contribution in [0.25, 0.3) is 0 Å². The quantitative estimate of drug-likeness (QED) is 0.820. The molecule has 0 radical (unpaired) electrons. The van der Waals surface area contributed by atoms with Crippen molar-refractivity contribution in [3.63, 3.8) is 0 Å². The van der Waals surface area contributed by atoms with E-state index in [0.29, 0.717) is 23.7 Å². The number of nitrogens with zero attached hydrogens (tertiary/aromatic N) is 3. The van der Waals surface area contributed by atoms with Crippen molar-refractivity contribution in [3.8, 4) is 11.6 Å². The Morgan fingerprint density at radius 3 is 2.60 bits per heavy atom. The third kappa shape index (κ3) is 4.35. The number of anilines is 1. The fourth-order valence-corrected chi connectivity index (χ4v) is 2.77. The summed E-state index contributed by atoms with van der Waals surface area (Å²) in [5, 5.41) is 2.74. The van der Waals surface area contributed by atoms with Crippen molar-refractivity contribution >= 4 is 11.7 Å². The molecule has 2 aromatic rings. The maximum Gasteiger partial charge on any atom is 0.263 e. The third-order valence-corrected chi connectivity index (χ3v) is 4.04. The number of aromatic nitrogens is 2. The first-order valence-electron chi connectivity index (χ1n) is 8.51. The number of hydrogen-bond donors (Lipinski definition) is 1. The van der Waals surface area contributed by atoms with Gasteiger partial charge in [-0.25, -0.2) is 9.97 Å². The van der Waals surface area contributed by atoms with Crippen LogP contribution in [0, 0.1) is 0 Å². The molecule has 2 heterocycles. The van der Waals surface area contributed by atoms with E-state index in [9.17, 15) is 4.79 Å². The Morgan fingerprint density at radius 1 is 1.16 bits per heavy atom. The molecule has 1 fully saturated rings. The summed E-state index contributed by atoms with van der Waals surface area (Å²) in [6.45, 7) is 5.96. The molecule has 1 saturated heterocycles. The second kappa shape index (κ2) is 8.28. The first-order valence-corrected chi connectivity index (χ1v) is 8.51. The van der Waals surface area contributed by atoms with Crippen LogP contribution in [-0.4, -0.2) is 35.5 Å². The van der Waals surface area contributed by atoms with Crippen LogP contribution in [0.5, 0.6) is 11.6 Å². The molecular formula is C19H22N4O2. The van der Waals surface area contributed by atoms with E-state index in [1.165, 1.54) is 6.42 Å². The van der Waals surface area contributed by atoms with Gasteiger partial charge in [0.25, 0.3) is 11.8 Å².